The van der Waals surface area contributed by atoms with Crippen molar-refractivity contribution in [1.82, 2.24) is 0 Å². The van der Waals surface area contributed by atoms with Gasteiger partial charge in [-0.2, -0.15) is 0 Å². The monoisotopic (exact) mass is 272 g/mol. The topological polar surface area (TPSA) is 54.4 Å². The van der Waals surface area contributed by atoms with E-state index in [9.17, 15) is 19.1 Å². The van der Waals surface area contributed by atoms with Crippen LogP contribution in [0.3, 0.4) is 0 Å². The molecule has 0 saturated heterocycles. The zero-order valence-electron chi connectivity index (χ0n) is 10.6. The number of rotatable bonds is 5. The molecule has 0 bridgehead atoms. The Labute approximate surface area is 115 Å². The summed E-state index contributed by atoms with van der Waals surface area (Å²) in [7, 11) is 0. The van der Waals surface area contributed by atoms with E-state index in [1.54, 1.807) is 24.3 Å². The highest BCUT2D eigenvalue weighted by Crippen LogP contribution is 2.28. The molecule has 0 radical (unpaired) electrons. The number of hydrogen-bond donors (Lipinski definition) is 1. The van der Waals surface area contributed by atoms with Gasteiger partial charge in [-0.1, -0.05) is 30.4 Å². The Morgan fingerprint density at radius 3 is 2.65 bits per heavy atom. The molecule has 0 fully saturated rings. The first kappa shape index (κ1) is 13.9. The Morgan fingerprint density at radius 1 is 1.30 bits per heavy atom. The van der Waals surface area contributed by atoms with Crippen molar-refractivity contribution in [3.63, 3.8) is 0 Å². The maximum atomic E-state index is 12.8. The first-order chi connectivity index (χ1) is 9.60. The number of allylic oxidation sites excluding steroid dienone is 5. The molecule has 1 aliphatic rings. The lowest BCUT2D eigenvalue weighted by Gasteiger charge is -2.13. The van der Waals surface area contributed by atoms with Gasteiger partial charge in [0.05, 0.1) is 0 Å². The largest absolute Gasteiger partial charge is 0.508 e. The van der Waals surface area contributed by atoms with Crippen LogP contribution in [0.4, 0.5) is 4.39 Å². The summed E-state index contributed by atoms with van der Waals surface area (Å²) < 4.78 is 12.8. The fourth-order valence-electron chi connectivity index (χ4n) is 2.10. The lowest BCUT2D eigenvalue weighted by atomic mass is 9.93. The average Bonchev–Trinajstić information content (AvgIpc) is 2.89. The highest BCUT2D eigenvalue weighted by Gasteiger charge is 2.19. The van der Waals surface area contributed by atoms with E-state index in [2.05, 4.69) is 0 Å². The van der Waals surface area contributed by atoms with Crippen molar-refractivity contribution in [3.05, 3.63) is 71.3 Å². The van der Waals surface area contributed by atoms with Gasteiger partial charge in [0.25, 0.3) is 0 Å². The number of hydrogen-bond acceptors (Lipinski definition) is 3. The zero-order chi connectivity index (χ0) is 14.5. The number of aliphatic hydroxyl groups is 1. The number of carbonyl (C=O) groups is 2. The second-order valence-electron chi connectivity index (χ2n) is 4.49. The molecule has 1 N–H and O–H groups in total. The van der Waals surface area contributed by atoms with Crippen LogP contribution in [-0.2, 0) is 16.0 Å². The van der Waals surface area contributed by atoms with Gasteiger partial charge in [0.2, 0.25) is 5.78 Å². The molecule has 1 aromatic rings. The molecule has 4 heteroatoms. The van der Waals surface area contributed by atoms with E-state index >= 15 is 0 Å². The molecule has 1 atom stereocenters. The summed E-state index contributed by atoms with van der Waals surface area (Å²) in [5.74, 6) is -1.39. The molecule has 3 nitrogen and oxygen atoms in total. The van der Waals surface area contributed by atoms with Crippen molar-refractivity contribution in [2.45, 2.75) is 6.42 Å². The number of carbonyl (C=O) groups excluding carboxylic acids is 2. The second kappa shape index (κ2) is 6.10. The number of aliphatic hydroxyl groups excluding tert-OH is 1. The van der Waals surface area contributed by atoms with Crippen molar-refractivity contribution < 1.29 is 19.1 Å². The Kier molecular flexibility index (Phi) is 4.25. The van der Waals surface area contributed by atoms with Gasteiger partial charge >= 0.3 is 0 Å². The Hall–Kier alpha value is -2.49. The van der Waals surface area contributed by atoms with E-state index in [1.165, 1.54) is 12.1 Å². The third-order valence-corrected chi connectivity index (χ3v) is 3.08. The van der Waals surface area contributed by atoms with Crippen molar-refractivity contribution in [1.29, 1.82) is 0 Å². The van der Waals surface area contributed by atoms with E-state index in [1.807, 2.05) is 6.08 Å². The SMILES string of the molecule is O=CC(=O)C=C(O)C1=CC=CC1Cc1ccc(F)cc1. The molecule has 2 rings (SSSR count). The molecule has 0 heterocycles. The van der Waals surface area contributed by atoms with Gasteiger partial charge in [-0.05, 0) is 24.1 Å². The molecular weight excluding hydrogens is 259 g/mol. The normalized spacial score (nSPS) is 17.9. The van der Waals surface area contributed by atoms with E-state index in [-0.39, 0.29) is 23.8 Å². The van der Waals surface area contributed by atoms with Crippen LogP contribution >= 0.6 is 0 Å². The maximum Gasteiger partial charge on any atom is 0.221 e. The summed E-state index contributed by atoms with van der Waals surface area (Å²) >= 11 is 0. The van der Waals surface area contributed by atoms with Crippen LogP contribution in [0.5, 0.6) is 0 Å². The van der Waals surface area contributed by atoms with Crippen molar-refractivity contribution in [2.75, 3.05) is 0 Å². The van der Waals surface area contributed by atoms with Crippen molar-refractivity contribution >= 4 is 12.1 Å². The predicted octanol–water partition coefficient (Wildman–Crippen LogP) is 2.69. The summed E-state index contributed by atoms with van der Waals surface area (Å²) in [4.78, 5) is 21.3. The van der Waals surface area contributed by atoms with Gasteiger partial charge in [-0.25, -0.2) is 4.39 Å². The minimum Gasteiger partial charge on any atom is -0.508 e. The summed E-state index contributed by atoms with van der Waals surface area (Å²) in [6.07, 6.45) is 6.98. The Morgan fingerprint density at radius 2 is 2.00 bits per heavy atom. The van der Waals surface area contributed by atoms with Crippen LogP contribution in [-0.4, -0.2) is 17.2 Å². The molecule has 0 aliphatic heterocycles. The van der Waals surface area contributed by atoms with E-state index in [0.29, 0.717) is 12.0 Å². The molecule has 0 aromatic heterocycles. The predicted molar refractivity (Wildman–Crippen MR) is 72.6 cm³/mol. The molecule has 1 aromatic carbocycles. The van der Waals surface area contributed by atoms with Crippen LogP contribution in [0.15, 0.2) is 59.9 Å². The highest BCUT2D eigenvalue weighted by atomic mass is 19.1. The van der Waals surface area contributed by atoms with Crippen LogP contribution in [0.2, 0.25) is 0 Å². The van der Waals surface area contributed by atoms with Crippen LogP contribution in [0.1, 0.15) is 5.56 Å². The standard InChI is InChI=1S/C16H13FO3/c17-13-6-4-11(5-7-13)8-12-2-1-3-15(12)16(20)9-14(19)10-18/h1-7,9-10,12,20H,8H2. The highest BCUT2D eigenvalue weighted by molar-refractivity contribution is 6.30. The molecular formula is C16H13FO3. The molecule has 20 heavy (non-hydrogen) atoms. The zero-order valence-corrected chi connectivity index (χ0v) is 10.6. The van der Waals surface area contributed by atoms with Crippen LogP contribution < -0.4 is 0 Å². The number of ketones is 1. The van der Waals surface area contributed by atoms with Gasteiger partial charge in [0.15, 0.2) is 6.29 Å². The summed E-state index contributed by atoms with van der Waals surface area (Å²) in [5.41, 5.74) is 1.49. The second-order valence-corrected chi connectivity index (χ2v) is 4.49. The quantitative estimate of drug-likeness (QED) is 0.388. The fourth-order valence-corrected chi connectivity index (χ4v) is 2.10. The smallest absolute Gasteiger partial charge is 0.221 e. The average molecular weight is 272 g/mol. The van der Waals surface area contributed by atoms with Gasteiger partial charge in [-0.3, -0.25) is 9.59 Å². The minimum atomic E-state index is -0.782. The van der Waals surface area contributed by atoms with E-state index in [0.717, 1.165) is 11.6 Å². The van der Waals surface area contributed by atoms with Crippen LogP contribution in [0.25, 0.3) is 0 Å². The molecule has 102 valence electrons. The fraction of sp³-hybridized carbons (Fsp3) is 0.125. The molecule has 0 spiro atoms. The number of halogens is 1. The van der Waals surface area contributed by atoms with Gasteiger partial charge in [0, 0.05) is 17.6 Å². The van der Waals surface area contributed by atoms with Gasteiger partial charge < -0.3 is 5.11 Å². The van der Waals surface area contributed by atoms with Crippen molar-refractivity contribution in [3.8, 4) is 0 Å². The molecule has 1 aliphatic carbocycles. The summed E-state index contributed by atoms with van der Waals surface area (Å²) in [6.45, 7) is 0. The van der Waals surface area contributed by atoms with E-state index in [4.69, 9.17) is 0 Å². The van der Waals surface area contributed by atoms with Gasteiger partial charge in [0.1, 0.15) is 11.6 Å². The molecule has 1 unspecified atom stereocenters. The third kappa shape index (κ3) is 3.29. The number of benzene rings is 1. The Balaban J connectivity index is 2.12. The van der Waals surface area contributed by atoms with Gasteiger partial charge in [-0.15, -0.1) is 0 Å². The minimum absolute atomic E-state index is 0.101. The first-order valence-corrected chi connectivity index (χ1v) is 6.13. The molecule has 0 saturated carbocycles. The number of aldehydes is 1. The van der Waals surface area contributed by atoms with E-state index < -0.39 is 5.78 Å². The summed E-state index contributed by atoms with van der Waals surface area (Å²) in [6, 6.07) is 6.11. The molecule has 0 amide bonds. The maximum absolute atomic E-state index is 12.8. The third-order valence-electron chi connectivity index (χ3n) is 3.08. The van der Waals surface area contributed by atoms with Crippen LogP contribution in [0, 0.1) is 11.7 Å². The summed E-state index contributed by atoms with van der Waals surface area (Å²) in [5, 5.41) is 9.86. The van der Waals surface area contributed by atoms with Crippen molar-refractivity contribution in [2.24, 2.45) is 5.92 Å². The first-order valence-electron chi connectivity index (χ1n) is 6.13. The Bertz CT molecular complexity index is 609. The lowest BCUT2D eigenvalue weighted by molar-refractivity contribution is -0.126. The lowest BCUT2D eigenvalue weighted by Crippen LogP contribution is -2.07.